The van der Waals surface area contributed by atoms with Gasteiger partial charge in [0.1, 0.15) is 0 Å². The molecule has 0 aromatic heterocycles. The van der Waals surface area contributed by atoms with Crippen LogP contribution in [0.5, 0.6) is 0 Å². The Kier molecular flexibility index (Phi) is 1.46. The predicted octanol–water partition coefficient (Wildman–Crippen LogP) is 1.20. The molecule has 2 saturated heterocycles. The molecule has 10 heavy (non-hydrogen) atoms. The lowest BCUT2D eigenvalue weighted by atomic mass is 9.81. The Balaban J connectivity index is 1.77. The first-order valence-corrected chi connectivity index (χ1v) is 3.98. The van der Waals surface area contributed by atoms with Crippen molar-refractivity contribution in [3.05, 3.63) is 0 Å². The standard InChI is InChI=1S/C8H14O2/c1-8(5-9-6-8)4-7-2-3-10-7/h7H,2-6H2,1H3. The van der Waals surface area contributed by atoms with Gasteiger partial charge < -0.3 is 9.47 Å². The lowest BCUT2D eigenvalue weighted by Crippen LogP contribution is -2.45. The lowest BCUT2D eigenvalue weighted by molar-refractivity contribution is -0.151. The summed E-state index contributed by atoms with van der Waals surface area (Å²) in [4.78, 5) is 0. The maximum Gasteiger partial charge on any atom is 0.0604 e. The van der Waals surface area contributed by atoms with E-state index in [1.54, 1.807) is 0 Å². The predicted molar refractivity (Wildman–Crippen MR) is 37.9 cm³/mol. The fourth-order valence-electron chi connectivity index (χ4n) is 1.56. The second-order valence-electron chi connectivity index (χ2n) is 3.79. The lowest BCUT2D eigenvalue weighted by Gasteiger charge is -2.42. The molecule has 0 aliphatic carbocycles. The minimum Gasteiger partial charge on any atom is -0.380 e. The van der Waals surface area contributed by atoms with Gasteiger partial charge in [-0.1, -0.05) is 6.92 Å². The summed E-state index contributed by atoms with van der Waals surface area (Å²) in [7, 11) is 0. The number of hydrogen-bond acceptors (Lipinski definition) is 2. The summed E-state index contributed by atoms with van der Waals surface area (Å²) in [6, 6.07) is 0. The Bertz CT molecular complexity index is 125. The monoisotopic (exact) mass is 142 g/mol. The van der Waals surface area contributed by atoms with Gasteiger partial charge in [0.25, 0.3) is 0 Å². The zero-order valence-corrected chi connectivity index (χ0v) is 6.43. The zero-order chi connectivity index (χ0) is 7.03. The molecule has 2 heteroatoms. The van der Waals surface area contributed by atoms with Crippen LogP contribution in [0.2, 0.25) is 0 Å². The highest BCUT2D eigenvalue weighted by Gasteiger charge is 2.37. The summed E-state index contributed by atoms with van der Waals surface area (Å²) in [6.45, 7) is 5.12. The van der Waals surface area contributed by atoms with Crippen molar-refractivity contribution in [3.63, 3.8) is 0 Å². The van der Waals surface area contributed by atoms with Gasteiger partial charge in [-0.3, -0.25) is 0 Å². The van der Waals surface area contributed by atoms with E-state index in [2.05, 4.69) is 6.92 Å². The molecular formula is C8H14O2. The summed E-state index contributed by atoms with van der Waals surface area (Å²) in [5.74, 6) is 0. The van der Waals surface area contributed by atoms with Gasteiger partial charge in [0.05, 0.1) is 19.3 Å². The van der Waals surface area contributed by atoms with E-state index in [0.717, 1.165) is 19.8 Å². The van der Waals surface area contributed by atoms with Crippen LogP contribution in [0.4, 0.5) is 0 Å². The number of rotatable bonds is 2. The summed E-state index contributed by atoms with van der Waals surface area (Å²) in [6.07, 6.45) is 3.01. The van der Waals surface area contributed by atoms with E-state index in [4.69, 9.17) is 9.47 Å². The van der Waals surface area contributed by atoms with Crippen molar-refractivity contribution >= 4 is 0 Å². The van der Waals surface area contributed by atoms with Gasteiger partial charge in [0.2, 0.25) is 0 Å². The molecule has 0 bridgehead atoms. The zero-order valence-electron chi connectivity index (χ0n) is 6.43. The molecule has 0 N–H and O–H groups in total. The molecule has 1 atom stereocenters. The van der Waals surface area contributed by atoms with Gasteiger partial charge in [-0.25, -0.2) is 0 Å². The summed E-state index contributed by atoms with van der Waals surface area (Å²) >= 11 is 0. The topological polar surface area (TPSA) is 18.5 Å². The molecule has 1 unspecified atom stereocenters. The fourth-order valence-corrected chi connectivity index (χ4v) is 1.56. The van der Waals surface area contributed by atoms with E-state index in [1.165, 1.54) is 12.8 Å². The van der Waals surface area contributed by atoms with E-state index in [0.29, 0.717) is 11.5 Å². The molecule has 0 saturated carbocycles. The van der Waals surface area contributed by atoms with Gasteiger partial charge in [0, 0.05) is 12.0 Å². The third-order valence-corrected chi connectivity index (χ3v) is 2.41. The van der Waals surface area contributed by atoms with E-state index < -0.39 is 0 Å². The van der Waals surface area contributed by atoms with Crippen molar-refractivity contribution in [1.82, 2.24) is 0 Å². The SMILES string of the molecule is CC1(CC2CCO2)COC1. The van der Waals surface area contributed by atoms with Gasteiger partial charge in [-0.2, -0.15) is 0 Å². The molecule has 0 spiro atoms. The number of ether oxygens (including phenoxy) is 2. The van der Waals surface area contributed by atoms with Crippen molar-refractivity contribution < 1.29 is 9.47 Å². The summed E-state index contributed by atoms with van der Waals surface area (Å²) < 4.78 is 10.5. The summed E-state index contributed by atoms with van der Waals surface area (Å²) in [5.41, 5.74) is 0.449. The Labute approximate surface area is 61.5 Å². The smallest absolute Gasteiger partial charge is 0.0604 e. The normalized spacial score (nSPS) is 36.3. The van der Waals surface area contributed by atoms with Crippen LogP contribution in [-0.4, -0.2) is 25.9 Å². The fraction of sp³-hybridized carbons (Fsp3) is 1.00. The van der Waals surface area contributed by atoms with Crippen molar-refractivity contribution in [2.24, 2.45) is 5.41 Å². The molecular weight excluding hydrogens is 128 g/mol. The van der Waals surface area contributed by atoms with Gasteiger partial charge in [-0.05, 0) is 12.8 Å². The molecule has 0 aromatic carbocycles. The van der Waals surface area contributed by atoms with Crippen LogP contribution in [0.15, 0.2) is 0 Å². The van der Waals surface area contributed by atoms with E-state index >= 15 is 0 Å². The van der Waals surface area contributed by atoms with Crippen LogP contribution in [-0.2, 0) is 9.47 Å². The molecule has 2 fully saturated rings. The maximum absolute atomic E-state index is 5.35. The van der Waals surface area contributed by atoms with Crippen molar-refractivity contribution in [2.45, 2.75) is 25.9 Å². The van der Waals surface area contributed by atoms with Crippen LogP contribution < -0.4 is 0 Å². The van der Waals surface area contributed by atoms with Crippen molar-refractivity contribution in [1.29, 1.82) is 0 Å². The van der Waals surface area contributed by atoms with Gasteiger partial charge >= 0.3 is 0 Å². The van der Waals surface area contributed by atoms with Gasteiger partial charge in [0.15, 0.2) is 0 Å². The number of hydrogen-bond donors (Lipinski definition) is 0. The first-order valence-electron chi connectivity index (χ1n) is 3.98. The van der Waals surface area contributed by atoms with Crippen LogP contribution in [0.1, 0.15) is 19.8 Å². The third-order valence-electron chi connectivity index (χ3n) is 2.41. The molecule has 0 aromatic rings. The maximum atomic E-state index is 5.35. The van der Waals surface area contributed by atoms with E-state index in [1.807, 2.05) is 0 Å². The largest absolute Gasteiger partial charge is 0.380 e. The highest BCUT2D eigenvalue weighted by atomic mass is 16.5. The van der Waals surface area contributed by atoms with Crippen LogP contribution in [0.25, 0.3) is 0 Å². The minimum atomic E-state index is 0.449. The first kappa shape index (κ1) is 6.62. The van der Waals surface area contributed by atoms with Crippen molar-refractivity contribution in [2.75, 3.05) is 19.8 Å². The molecule has 58 valence electrons. The Morgan fingerprint density at radius 2 is 2.20 bits per heavy atom. The second-order valence-corrected chi connectivity index (χ2v) is 3.79. The third kappa shape index (κ3) is 1.06. The molecule has 2 nitrogen and oxygen atoms in total. The first-order chi connectivity index (χ1) is 4.79. The van der Waals surface area contributed by atoms with E-state index in [-0.39, 0.29) is 0 Å². The molecule has 2 aliphatic heterocycles. The molecule has 2 rings (SSSR count). The van der Waals surface area contributed by atoms with E-state index in [9.17, 15) is 0 Å². The highest BCUT2D eigenvalue weighted by Crippen LogP contribution is 2.35. The van der Waals surface area contributed by atoms with Crippen LogP contribution >= 0.6 is 0 Å². The van der Waals surface area contributed by atoms with Crippen molar-refractivity contribution in [3.8, 4) is 0 Å². The highest BCUT2D eigenvalue weighted by molar-refractivity contribution is 4.85. The Morgan fingerprint density at radius 1 is 1.50 bits per heavy atom. The van der Waals surface area contributed by atoms with Crippen LogP contribution in [0, 0.1) is 5.41 Å². The average molecular weight is 142 g/mol. The molecule has 2 heterocycles. The second kappa shape index (κ2) is 2.21. The Hall–Kier alpha value is -0.0800. The van der Waals surface area contributed by atoms with Crippen LogP contribution in [0.3, 0.4) is 0 Å². The summed E-state index contributed by atoms with van der Waals surface area (Å²) in [5, 5.41) is 0. The molecule has 0 amide bonds. The average Bonchev–Trinajstić information content (AvgIpc) is 1.74. The Morgan fingerprint density at radius 3 is 2.50 bits per heavy atom. The quantitative estimate of drug-likeness (QED) is 0.576. The van der Waals surface area contributed by atoms with Gasteiger partial charge in [-0.15, -0.1) is 0 Å². The minimum absolute atomic E-state index is 0.449. The molecule has 0 radical (unpaired) electrons. The molecule has 2 aliphatic rings.